The number of aliphatic hydroxyl groups is 2. The van der Waals surface area contributed by atoms with Gasteiger partial charge in [-0.25, -0.2) is 19.2 Å². The molecule has 2 heterocycles. The zero-order valence-electron chi connectivity index (χ0n) is 34.6. The highest BCUT2D eigenvalue weighted by Crippen LogP contribution is 2.27. The number of rotatable bonds is 24. The van der Waals surface area contributed by atoms with E-state index in [1.807, 2.05) is 24.3 Å². The number of benzene rings is 1. The molecule has 0 radical (unpaired) electrons. The van der Waals surface area contributed by atoms with Crippen molar-refractivity contribution in [2.24, 2.45) is 33.3 Å². The van der Waals surface area contributed by atoms with E-state index >= 15 is 0 Å². The molecule has 12 unspecified atom stereocenters. The molecule has 3 rings (SSSR count). The maximum Gasteiger partial charge on any atom is 0.404 e. The van der Waals surface area contributed by atoms with Gasteiger partial charge in [-0.1, -0.05) is 59.1 Å². The van der Waals surface area contributed by atoms with Crippen LogP contribution in [0.25, 0.3) is 0 Å². The van der Waals surface area contributed by atoms with Gasteiger partial charge in [-0.15, -0.1) is 0 Å². The number of methoxy groups -OCH3 is 1. The predicted molar refractivity (Wildman–Crippen MR) is 214 cm³/mol. The third-order valence-electron chi connectivity index (χ3n) is 10.5. The molecule has 0 bridgehead atoms. The van der Waals surface area contributed by atoms with Gasteiger partial charge in [-0.05, 0) is 48.8 Å². The lowest BCUT2D eigenvalue weighted by atomic mass is 9.94. The largest absolute Gasteiger partial charge is 0.497 e. The van der Waals surface area contributed by atoms with E-state index in [0.29, 0.717) is 37.9 Å². The van der Waals surface area contributed by atoms with Crippen molar-refractivity contribution in [3.8, 4) is 5.75 Å². The number of carbonyl (C=O) groups excluding carboxylic acids is 5. The van der Waals surface area contributed by atoms with Crippen molar-refractivity contribution in [1.29, 1.82) is 0 Å². The molecule has 1 fully saturated rings. The van der Waals surface area contributed by atoms with Gasteiger partial charge in [-0.2, -0.15) is 9.98 Å². The van der Waals surface area contributed by atoms with Gasteiger partial charge < -0.3 is 66.8 Å². The van der Waals surface area contributed by atoms with E-state index in [2.05, 4.69) is 30.7 Å². The highest BCUT2D eigenvalue weighted by Gasteiger charge is 2.52. The number of aliphatic imine (C=N–C) groups is 2. The van der Waals surface area contributed by atoms with Crippen molar-refractivity contribution in [3.63, 3.8) is 0 Å². The Kier molecular flexibility index (Phi) is 19.1. The Hall–Kier alpha value is -5.55. The first-order valence-corrected chi connectivity index (χ1v) is 19.9. The number of unbranched alkanes of at least 4 members (excludes halogenated alkanes) is 1. The van der Waals surface area contributed by atoms with Crippen LogP contribution < -0.4 is 32.2 Å². The molecule has 2 aliphatic heterocycles. The number of urea groups is 1. The molecule has 6 amide bonds. The number of carboxylic acids is 2. The summed E-state index contributed by atoms with van der Waals surface area (Å²) in [5.41, 5.74) is 11.9. The number of nitrogens with zero attached hydrogens (tertiary/aromatic N) is 2. The van der Waals surface area contributed by atoms with Crippen LogP contribution in [0.5, 0.6) is 5.75 Å². The molecule has 11 N–H and O–H groups in total. The van der Waals surface area contributed by atoms with Gasteiger partial charge in [-0.3, -0.25) is 14.4 Å². The van der Waals surface area contributed by atoms with Crippen molar-refractivity contribution in [2.45, 2.75) is 134 Å². The van der Waals surface area contributed by atoms with Gasteiger partial charge in [0.15, 0.2) is 18.5 Å². The third kappa shape index (κ3) is 14.3. The summed E-state index contributed by atoms with van der Waals surface area (Å²) in [4.78, 5) is 97.1. The van der Waals surface area contributed by atoms with Crippen molar-refractivity contribution in [1.82, 2.24) is 16.0 Å². The molecule has 0 spiro atoms. The first kappa shape index (κ1) is 49.8. The van der Waals surface area contributed by atoms with Crippen LogP contribution >= 0.6 is 0 Å². The van der Waals surface area contributed by atoms with Crippen LogP contribution in [0.2, 0.25) is 0 Å². The number of hydrogen-bond acceptors (Lipinski definition) is 14. The zero-order chi connectivity index (χ0) is 45.6. The first-order valence-electron chi connectivity index (χ1n) is 19.9. The monoisotopic (exact) mass is 863 g/mol. The Morgan fingerprint density at radius 1 is 0.885 bits per heavy atom. The lowest BCUT2D eigenvalue weighted by Crippen LogP contribution is -2.65. The highest BCUT2D eigenvalue weighted by molar-refractivity contribution is 6.39. The maximum atomic E-state index is 14.4. The minimum Gasteiger partial charge on any atom is -0.497 e. The van der Waals surface area contributed by atoms with Gasteiger partial charge in [0.05, 0.1) is 19.0 Å². The Labute approximate surface area is 351 Å². The number of primary amides is 1. The molecular formula is C39H57N7O15. The van der Waals surface area contributed by atoms with Crippen LogP contribution in [0, 0.1) is 11.8 Å². The fraction of sp³-hybridized carbons (Fsp3) is 0.615. The molecule has 22 heteroatoms. The Balaban J connectivity index is 1.95. The van der Waals surface area contributed by atoms with Gasteiger partial charge in [0, 0.05) is 12.5 Å². The molecule has 1 aromatic carbocycles. The maximum absolute atomic E-state index is 14.4. The number of ether oxygens (including phenoxy) is 4. The van der Waals surface area contributed by atoms with Crippen LogP contribution in [0.4, 0.5) is 9.59 Å². The van der Waals surface area contributed by atoms with Crippen molar-refractivity contribution in [3.05, 3.63) is 29.8 Å². The fourth-order valence-corrected chi connectivity index (χ4v) is 6.56. The van der Waals surface area contributed by atoms with E-state index in [1.165, 1.54) is 0 Å². The number of nitrogens with one attached hydrogen (secondary N) is 3. The molecule has 12 atom stereocenters. The number of nitrogens with two attached hydrogens (primary N) is 2. The summed E-state index contributed by atoms with van der Waals surface area (Å²) < 4.78 is 21.2. The standard InChI is InChI=1S/C39H57N7O15/c1-6-18(3)25(33(50)46-26(35(52)53)19(4)7-2)45-34(51)27(44-24(47)11-9-8-10-21(40)16-20-12-14-22(58-5)15-13-20)30(23-17-42-39(57)43-23)59-37-29(49)28(48)31(61-38(41)56)32(60-37)36(54)55/h12-15,17-19,21,25-32,37,48-49H,6-11,16,40H2,1-5H3,(H2,41,56)(H,44,47)(H,45,51)(H,46,50)(H,52,53)(H,54,55). The van der Waals surface area contributed by atoms with E-state index in [-0.39, 0.29) is 18.9 Å². The van der Waals surface area contributed by atoms with Gasteiger partial charge in [0.1, 0.15) is 42.2 Å². The fourth-order valence-electron chi connectivity index (χ4n) is 6.56. The molecule has 1 saturated heterocycles. The summed E-state index contributed by atoms with van der Waals surface area (Å²) in [5, 5.41) is 49.1. The summed E-state index contributed by atoms with van der Waals surface area (Å²) in [5.74, 6) is -6.26. The first-order chi connectivity index (χ1) is 28.8. The Morgan fingerprint density at radius 2 is 1.49 bits per heavy atom. The number of carboxylic acid groups (broad SMARTS) is 2. The van der Waals surface area contributed by atoms with E-state index in [1.54, 1.807) is 34.8 Å². The third-order valence-corrected chi connectivity index (χ3v) is 10.5. The predicted octanol–water partition coefficient (Wildman–Crippen LogP) is -0.218. The molecule has 1 aromatic rings. The smallest absolute Gasteiger partial charge is 0.404 e. The minimum absolute atomic E-state index is 0.176. The molecule has 2 aliphatic rings. The molecular weight excluding hydrogens is 806 g/mol. The summed E-state index contributed by atoms with van der Waals surface area (Å²) in [6.07, 6.45) is -11.0. The average Bonchev–Trinajstić information content (AvgIpc) is 3.65. The van der Waals surface area contributed by atoms with Crippen LogP contribution in [-0.4, -0.2) is 142 Å². The SMILES string of the molecule is CCC(C)C(NC(=O)C(NC(=O)C(NC(=O)CCCCC(N)Cc1ccc(OC)cc1)C(OC1OC(C(=O)O)C(OC(N)=O)C(O)C1O)C1=NC(=O)N=C1)C(C)CC)C(=O)O. The zero-order valence-corrected chi connectivity index (χ0v) is 34.6. The minimum atomic E-state index is -2.20. The number of amides is 6. The molecule has 0 aromatic heterocycles. The van der Waals surface area contributed by atoms with Gasteiger partial charge in [0.25, 0.3) is 0 Å². The van der Waals surface area contributed by atoms with Crippen LogP contribution in [0.15, 0.2) is 34.3 Å². The lowest BCUT2D eigenvalue weighted by molar-refractivity contribution is -0.298. The number of hydrogen-bond donors (Lipinski definition) is 9. The van der Waals surface area contributed by atoms with E-state index in [9.17, 15) is 54.0 Å². The normalized spacial score (nSPS) is 23.2. The summed E-state index contributed by atoms with van der Waals surface area (Å²) in [6.45, 7) is 6.69. The second-order valence-corrected chi connectivity index (χ2v) is 15.0. The molecule has 22 nitrogen and oxygen atoms in total. The van der Waals surface area contributed by atoms with E-state index in [0.717, 1.165) is 11.8 Å². The second-order valence-electron chi connectivity index (χ2n) is 15.0. The second kappa shape index (κ2) is 23.4. The van der Waals surface area contributed by atoms with E-state index < -0.39 is 114 Å². The van der Waals surface area contributed by atoms with Crippen LogP contribution in [0.1, 0.15) is 71.8 Å². The average molecular weight is 864 g/mol. The van der Waals surface area contributed by atoms with Crippen LogP contribution in [-0.2, 0) is 44.6 Å². The summed E-state index contributed by atoms with van der Waals surface area (Å²) in [7, 11) is 1.56. The Morgan fingerprint density at radius 3 is 2.03 bits per heavy atom. The van der Waals surface area contributed by atoms with E-state index in [4.69, 9.17) is 25.7 Å². The molecule has 338 valence electrons. The molecule has 0 aliphatic carbocycles. The van der Waals surface area contributed by atoms with Crippen LogP contribution in [0.3, 0.4) is 0 Å². The molecule has 0 saturated carbocycles. The van der Waals surface area contributed by atoms with Crippen molar-refractivity contribution < 1.29 is 72.9 Å². The quantitative estimate of drug-likeness (QED) is 0.0607. The molecule has 61 heavy (non-hydrogen) atoms. The van der Waals surface area contributed by atoms with Gasteiger partial charge >= 0.3 is 24.1 Å². The number of carbonyl (C=O) groups is 7. The Bertz CT molecular complexity index is 1780. The highest BCUT2D eigenvalue weighted by atomic mass is 16.7. The summed E-state index contributed by atoms with van der Waals surface area (Å²) >= 11 is 0. The lowest BCUT2D eigenvalue weighted by Gasteiger charge is -2.41. The topological polar surface area (TPSA) is 350 Å². The van der Waals surface area contributed by atoms with Crippen molar-refractivity contribution >= 4 is 53.7 Å². The van der Waals surface area contributed by atoms with Crippen molar-refractivity contribution in [2.75, 3.05) is 7.11 Å². The number of aliphatic hydroxyl groups excluding tert-OH is 2. The summed E-state index contributed by atoms with van der Waals surface area (Å²) in [6, 6.07) is 1.42. The van der Waals surface area contributed by atoms with Gasteiger partial charge in [0.2, 0.25) is 17.7 Å². The number of aliphatic carboxylic acids is 2.